The van der Waals surface area contributed by atoms with E-state index in [1.807, 2.05) is 11.3 Å². The van der Waals surface area contributed by atoms with Gasteiger partial charge in [0.15, 0.2) is 0 Å². The minimum atomic E-state index is 0.478. The largest absolute Gasteiger partial charge is 0.305 e. The van der Waals surface area contributed by atoms with Gasteiger partial charge in [-0.25, -0.2) is 0 Å². The number of thiophene rings is 1. The quantitative estimate of drug-likeness (QED) is 0.926. The van der Waals surface area contributed by atoms with E-state index in [0.29, 0.717) is 6.04 Å². The number of rotatable bonds is 4. The van der Waals surface area contributed by atoms with Crippen molar-refractivity contribution in [1.29, 1.82) is 0 Å². The predicted octanol–water partition coefficient (Wildman–Crippen LogP) is 3.44. The molecule has 0 aliphatic heterocycles. The lowest BCUT2D eigenvalue weighted by Gasteiger charge is -2.24. The van der Waals surface area contributed by atoms with Crippen LogP contribution >= 0.6 is 11.3 Å². The van der Waals surface area contributed by atoms with Crippen molar-refractivity contribution in [1.82, 2.24) is 15.1 Å². The second-order valence-electron chi connectivity index (χ2n) is 5.20. The molecule has 19 heavy (non-hydrogen) atoms. The molecule has 0 unspecified atom stereocenters. The van der Waals surface area contributed by atoms with Gasteiger partial charge in [0.1, 0.15) is 0 Å². The van der Waals surface area contributed by atoms with Gasteiger partial charge in [-0.15, -0.1) is 11.3 Å². The third kappa shape index (κ3) is 2.60. The molecular weight excluding hydrogens is 254 g/mol. The lowest BCUT2D eigenvalue weighted by atomic mass is 9.93. The van der Waals surface area contributed by atoms with Crippen LogP contribution < -0.4 is 5.32 Å². The SMILES string of the molecule is CCn1ncc2c1CCC[C@H]2NCc1ccc(C)s1. The molecule has 2 aromatic rings. The molecule has 2 aromatic heterocycles. The van der Waals surface area contributed by atoms with Crippen LogP contribution in [-0.2, 0) is 19.5 Å². The predicted molar refractivity (Wildman–Crippen MR) is 79.5 cm³/mol. The van der Waals surface area contributed by atoms with Crippen LogP contribution in [0.2, 0.25) is 0 Å². The standard InChI is InChI=1S/C15H21N3S/c1-3-18-15-6-4-5-14(13(15)10-17-18)16-9-12-8-7-11(2)19-12/h7-8,10,14,16H,3-6,9H2,1-2H3/t14-/m1/s1. The van der Waals surface area contributed by atoms with Crippen LogP contribution in [-0.4, -0.2) is 9.78 Å². The number of fused-ring (bicyclic) bond motifs is 1. The summed E-state index contributed by atoms with van der Waals surface area (Å²) >= 11 is 1.88. The van der Waals surface area contributed by atoms with Gasteiger partial charge in [-0.1, -0.05) is 0 Å². The molecule has 102 valence electrons. The van der Waals surface area contributed by atoms with Crippen LogP contribution in [0.5, 0.6) is 0 Å². The first-order chi connectivity index (χ1) is 9.28. The molecule has 1 atom stereocenters. The van der Waals surface area contributed by atoms with E-state index in [1.165, 1.54) is 40.3 Å². The summed E-state index contributed by atoms with van der Waals surface area (Å²) in [4.78, 5) is 2.81. The molecule has 3 nitrogen and oxygen atoms in total. The number of hydrogen-bond acceptors (Lipinski definition) is 3. The summed E-state index contributed by atoms with van der Waals surface area (Å²) in [5.74, 6) is 0. The Labute approximate surface area is 118 Å². The summed E-state index contributed by atoms with van der Waals surface area (Å²) in [6.07, 6.45) is 5.74. The van der Waals surface area contributed by atoms with Gasteiger partial charge in [-0.05, 0) is 45.2 Å². The monoisotopic (exact) mass is 275 g/mol. The molecule has 1 aliphatic rings. The van der Waals surface area contributed by atoms with Crippen molar-refractivity contribution in [2.75, 3.05) is 0 Å². The fourth-order valence-electron chi connectivity index (χ4n) is 2.91. The maximum atomic E-state index is 4.50. The summed E-state index contributed by atoms with van der Waals surface area (Å²) in [5, 5.41) is 8.21. The van der Waals surface area contributed by atoms with Crippen LogP contribution in [0.4, 0.5) is 0 Å². The van der Waals surface area contributed by atoms with Gasteiger partial charge in [0.05, 0.1) is 6.20 Å². The van der Waals surface area contributed by atoms with E-state index in [2.05, 4.69) is 47.3 Å². The Balaban J connectivity index is 1.71. The second-order valence-corrected chi connectivity index (χ2v) is 6.57. The Morgan fingerprint density at radius 3 is 3.11 bits per heavy atom. The summed E-state index contributed by atoms with van der Waals surface area (Å²) in [6.45, 7) is 6.28. The molecule has 1 aliphatic carbocycles. The average molecular weight is 275 g/mol. The molecule has 0 amide bonds. The molecule has 0 saturated carbocycles. The molecule has 0 aromatic carbocycles. The van der Waals surface area contributed by atoms with Crippen molar-refractivity contribution >= 4 is 11.3 Å². The zero-order chi connectivity index (χ0) is 13.2. The highest BCUT2D eigenvalue weighted by atomic mass is 32.1. The van der Waals surface area contributed by atoms with Gasteiger partial charge < -0.3 is 5.32 Å². The number of aryl methyl sites for hydroxylation is 2. The first kappa shape index (κ1) is 12.9. The van der Waals surface area contributed by atoms with E-state index >= 15 is 0 Å². The third-order valence-electron chi connectivity index (χ3n) is 3.88. The van der Waals surface area contributed by atoms with Crippen LogP contribution in [0, 0.1) is 6.92 Å². The summed E-state index contributed by atoms with van der Waals surface area (Å²) in [5.41, 5.74) is 2.86. The lowest BCUT2D eigenvalue weighted by molar-refractivity contribution is 0.449. The van der Waals surface area contributed by atoms with Crippen LogP contribution in [0.25, 0.3) is 0 Å². The number of nitrogens with one attached hydrogen (secondary N) is 1. The van der Waals surface area contributed by atoms with E-state index in [0.717, 1.165) is 13.1 Å². The number of aromatic nitrogens is 2. The molecular formula is C15H21N3S. The molecule has 4 heteroatoms. The van der Waals surface area contributed by atoms with E-state index in [9.17, 15) is 0 Å². The minimum absolute atomic E-state index is 0.478. The van der Waals surface area contributed by atoms with Crippen molar-refractivity contribution in [2.45, 2.75) is 52.2 Å². The Kier molecular flexibility index (Phi) is 3.71. The highest BCUT2D eigenvalue weighted by Crippen LogP contribution is 2.30. The summed E-state index contributed by atoms with van der Waals surface area (Å²) < 4.78 is 2.15. The smallest absolute Gasteiger partial charge is 0.0540 e. The Morgan fingerprint density at radius 1 is 1.47 bits per heavy atom. The van der Waals surface area contributed by atoms with Gasteiger partial charge in [0, 0.05) is 40.1 Å². The molecule has 1 N–H and O–H groups in total. The van der Waals surface area contributed by atoms with Gasteiger partial charge in [-0.2, -0.15) is 5.10 Å². The van der Waals surface area contributed by atoms with E-state index < -0.39 is 0 Å². The minimum Gasteiger partial charge on any atom is -0.305 e. The summed E-state index contributed by atoms with van der Waals surface area (Å²) in [7, 11) is 0. The molecule has 0 radical (unpaired) electrons. The maximum absolute atomic E-state index is 4.50. The number of hydrogen-bond donors (Lipinski definition) is 1. The van der Waals surface area contributed by atoms with Crippen LogP contribution in [0.3, 0.4) is 0 Å². The van der Waals surface area contributed by atoms with Crippen molar-refractivity contribution in [3.05, 3.63) is 39.3 Å². The van der Waals surface area contributed by atoms with Crippen LogP contribution in [0.15, 0.2) is 18.3 Å². The molecule has 0 saturated heterocycles. The van der Waals surface area contributed by atoms with Crippen molar-refractivity contribution in [3.8, 4) is 0 Å². The van der Waals surface area contributed by atoms with Gasteiger partial charge >= 0.3 is 0 Å². The normalized spacial score (nSPS) is 18.5. The first-order valence-corrected chi connectivity index (χ1v) is 7.93. The van der Waals surface area contributed by atoms with E-state index in [-0.39, 0.29) is 0 Å². The molecule has 3 rings (SSSR count). The van der Waals surface area contributed by atoms with E-state index in [1.54, 1.807) is 0 Å². The Hall–Kier alpha value is -1.13. The van der Waals surface area contributed by atoms with E-state index in [4.69, 9.17) is 0 Å². The topological polar surface area (TPSA) is 29.9 Å². The molecule has 0 fully saturated rings. The highest BCUT2D eigenvalue weighted by Gasteiger charge is 2.23. The third-order valence-corrected chi connectivity index (χ3v) is 4.88. The Bertz CT molecular complexity index is 555. The first-order valence-electron chi connectivity index (χ1n) is 7.11. The van der Waals surface area contributed by atoms with Gasteiger partial charge in [0.25, 0.3) is 0 Å². The van der Waals surface area contributed by atoms with Gasteiger partial charge in [-0.3, -0.25) is 4.68 Å². The molecule has 2 heterocycles. The average Bonchev–Trinajstić information content (AvgIpc) is 3.02. The van der Waals surface area contributed by atoms with Crippen molar-refractivity contribution in [3.63, 3.8) is 0 Å². The zero-order valence-corrected chi connectivity index (χ0v) is 12.5. The van der Waals surface area contributed by atoms with Crippen LogP contribution in [0.1, 0.15) is 46.8 Å². The Morgan fingerprint density at radius 2 is 2.37 bits per heavy atom. The molecule has 0 bridgehead atoms. The fraction of sp³-hybridized carbons (Fsp3) is 0.533. The summed E-state index contributed by atoms with van der Waals surface area (Å²) in [6, 6.07) is 4.90. The van der Waals surface area contributed by atoms with Crippen molar-refractivity contribution in [2.24, 2.45) is 0 Å². The highest BCUT2D eigenvalue weighted by molar-refractivity contribution is 7.11. The van der Waals surface area contributed by atoms with Crippen molar-refractivity contribution < 1.29 is 0 Å². The zero-order valence-electron chi connectivity index (χ0n) is 11.6. The maximum Gasteiger partial charge on any atom is 0.0540 e. The fourth-order valence-corrected chi connectivity index (χ4v) is 3.75. The molecule has 0 spiro atoms. The lowest BCUT2D eigenvalue weighted by Crippen LogP contribution is -2.24. The number of nitrogens with zero attached hydrogens (tertiary/aromatic N) is 2. The van der Waals surface area contributed by atoms with Gasteiger partial charge in [0.2, 0.25) is 0 Å². The second kappa shape index (κ2) is 5.47.